The van der Waals surface area contributed by atoms with Gasteiger partial charge in [-0.05, 0) is 38.1 Å². The monoisotopic (exact) mass is 384 g/mol. The molecule has 1 aliphatic heterocycles. The molecule has 1 aliphatic rings. The van der Waals surface area contributed by atoms with E-state index in [0.29, 0.717) is 28.6 Å². The minimum atomic E-state index is -0.623. The molecule has 28 heavy (non-hydrogen) atoms. The van der Waals surface area contributed by atoms with Crippen molar-refractivity contribution >= 4 is 23.2 Å². The molecule has 0 spiro atoms. The molecule has 1 heterocycles. The fourth-order valence-corrected chi connectivity index (χ4v) is 2.90. The van der Waals surface area contributed by atoms with E-state index in [9.17, 15) is 9.59 Å². The van der Waals surface area contributed by atoms with Gasteiger partial charge in [-0.3, -0.25) is 9.59 Å². The second kappa shape index (κ2) is 7.80. The number of hydrogen-bond donors (Lipinski definition) is 1. The summed E-state index contributed by atoms with van der Waals surface area (Å²) in [6.07, 6.45) is 0. The first kappa shape index (κ1) is 19.5. The van der Waals surface area contributed by atoms with Crippen molar-refractivity contribution in [2.45, 2.75) is 13.8 Å². The van der Waals surface area contributed by atoms with Gasteiger partial charge >= 0.3 is 0 Å². The van der Waals surface area contributed by atoms with Crippen LogP contribution in [0.4, 0.5) is 11.4 Å². The number of methoxy groups -OCH3 is 1. The van der Waals surface area contributed by atoms with Crippen molar-refractivity contribution in [3.63, 3.8) is 0 Å². The van der Waals surface area contributed by atoms with Crippen LogP contribution in [0.3, 0.4) is 0 Å². The number of carbonyl (C=O) groups is 2. The van der Waals surface area contributed by atoms with Crippen LogP contribution in [0, 0.1) is 5.41 Å². The lowest BCUT2D eigenvalue weighted by molar-refractivity contribution is -0.127. The van der Waals surface area contributed by atoms with Crippen molar-refractivity contribution in [2.75, 3.05) is 37.6 Å². The van der Waals surface area contributed by atoms with E-state index in [1.165, 1.54) is 0 Å². The van der Waals surface area contributed by atoms with Crippen LogP contribution in [0.5, 0.6) is 17.2 Å². The van der Waals surface area contributed by atoms with E-state index in [2.05, 4.69) is 5.32 Å². The van der Waals surface area contributed by atoms with Gasteiger partial charge in [0, 0.05) is 24.9 Å². The Morgan fingerprint density at radius 3 is 2.71 bits per heavy atom. The Balaban J connectivity index is 1.66. The predicted octanol–water partition coefficient (Wildman–Crippen LogP) is 3.09. The summed E-state index contributed by atoms with van der Waals surface area (Å²) in [7, 11) is 3.29. The molecule has 0 bridgehead atoms. The van der Waals surface area contributed by atoms with Crippen LogP contribution >= 0.6 is 0 Å². The molecule has 2 aromatic rings. The van der Waals surface area contributed by atoms with Crippen LogP contribution in [0.1, 0.15) is 13.8 Å². The number of amides is 2. The largest absolute Gasteiger partial charge is 0.497 e. The number of ether oxygens (including phenoxy) is 3. The Morgan fingerprint density at radius 1 is 1.21 bits per heavy atom. The number of nitrogens with one attached hydrogen (secondary N) is 1. The summed E-state index contributed by atoms with van der Waals surface area (Å²) >= 11 is 0. The minimum absolute atomic E-state index is 0.0188. The normalized spacial score (nSPS) is 15.1. The average Bonchev–Trinajstić information content (AvgIpc) is 2.77. The van der Waals surface area contributed by atoms with Crippen LogP contribution in [-0.2, 0) is 9.59 Å². The molecule has 1 N–H and O–H groups in total. The quantitative estimate of drug-likeness (QED) is 0.857. The second-order valence-electron chi connectivity index (χ2n) is 7.24. The van der Waals surface area contributed by atoms with Gasteiger partial charge in [0.05, 0.1) is 18.2 Å². The van der Waals surface area contributed by atoms with E-state index >= 15 is 0 Å². The van der Waals surface area contributed by atoms with E-state index < -0.39 is 5.41 Å². The topological polar surface area (TPSA) is 77.1 Å². The van der Waals surface area contributed by atoms with E-state index in [4.69, 9.17) is 14.2 Å². The number of hydrogen-bond acceptors (Lipinski definition) is 5. The zero-order chi connectivity index (χ0) is 20.3. The van der Waals surface area contributed by atoms with Gasteiger partial charge < -0.3 is 24.4 Å². The highest BCUT2D eigenvalue weighted by Crippen LogP contribution is 2.37. The molecular formula is C21H24N2O5. The van der Waals surface area contributed by atoms with Gasteiger partial charge in [0.1, 0.15) is 23.9 Å². The lowest BCUT2D eigenvalue weighted by atomic mass is 9.93. The highest BCUT2D eigenvalue weighted by Gasteiger charge is 2.36. The summed E-state index contributed by atoms with van der Waals surface area (Å²) < 4.78 is 16.4. The first-order chi connectivity index (χ1) is 13.3. The number of benzene rings is 2. The number of rotatable bonds is 5. The summed E-state index contributed by atoms with van der Waals surface area (Å²) in [5, 5.41) is 2.78. The molecule has 0 saturated carbocycles. The molecular weight excluding hydrogens is 360 g/mol. The van der Waals surface area contributed by atoms with Crippen LogP contribution in [-0.4, -0.2) is 39.2 Å². The number of anilines is 2. The summed E-state index contributed by atoms with van der Waals surface area (Å²) in [4.78, 5) is 26.3. The third-order valence-electron chi connectivity index (χ3n) is 4.49. The highest BCUT2D eigenvalue weighted by atomic mass is 16.5. The zero-order valence-corrected chi connectivity index (χ0v) is 16.4. The molecule has 7 nitrogen and oxygen atoms in total. The van der Waals surface area contributed by atoms with Gasteiger partial charge in [-0.2, -0.15) is 0 Å². The molecule has 2 amide bonds. The van der Waals surface area contributed by atoms with Crippen LogP contribution in [0.15, 0.2) is 42.5 Å². The minimum Gasteiger partial charge on any atom is -0.497 e. The smallest absolute Gasteiger partial charge is 0.262 e. The summed E-state index contributed by atoms with van der Waals surface area (Å²) in [6, 6.07) is 12.2. The van der Waals surface area contributed by atoms with Gasteiger partial charge in [0.2, 0.25) is 5.91 Å². The molecule has 0 saturated heterocycles. The second-order valence-corrected chi connectivity index (χ2v) is 7.24. The Hall–Kier alpha value is -3.22. The fourth-order valence-electron chi connectivity index (χ4n) is 2.90. The molecule has 148 valence electrons. The van der Waals surface area contributed by atoms with Crippen molar-refractivity contribution in [3.05, 3.63) is 42.5 Å². The maximum absolute atomic E-state index is 12.5. The number of nitrogens with zero attached hydrogens (tertiary/aromatic N) is 1. The lowest BCUT2D eigenvalue weighted by Crippen LogP contribution is -2.39. The third kappa shape index (κ3) is 4.19. The molecule has 0 radical (unpaired) electrons. The molecule has 7 heteroatoms. The Labute approximate surface area is 164 Å². The fraction of sp³-hybridized carbons (Fsp3) is 0.333. The summed E-state index contributed by atoms with van der Waals surface area (Å²) in [5.41, 5.74) is 0.613. The molecule has 2 aromatic carbocycles. The van der Waals surface area contributed by atoms with E-state index in [1.807, 2.05) is 13.8 Å². The first-order valence-corrected chi connectivity index (χ1v) is 8.92. The molecule has 0 unspecified atom stereocenters. The zero-order valence-electron chi connectivity index (χ0n) is 16.4. The summed E-state index contributed by atoms with van der Waals surface area (Å²) in [5.74, 6) is 1.42. The Kier molecular flexibility index (Phi) is 5.44. The van der Waals surface area contributed by atoms with Crippen molar-refractivity contribution in [1.29, 1.82) is 0 Å². The van der Waals surface area contributed by atoms with Crippen molar-refractivity contribution in [2.24, 2.45) is 5.41 Å². The van der Waals surface area contributed by atoms with Crippen LogP contribution < -0.4 is 24.4 Å². The van der Waals surface area contributed by atoms with E-state index in [1.54, 1.807) is 61.5 Å². The Bertz CT molecular complexity index is 894. The van der Waals surface area contributed by atoms with Crippen molar-refractivity contribution in [1.82, 2.24) is 0 Å². The number of fused-ring (bicyclic) bond motifs is 1. The summed E-state index contributed by atoms with van der Waals surface area (Å²) in [6.45, 7) is 3.81. The molecule has 0 aromatic heterocycles. The van der Waals surface area contributed by atoms with Gasteiger partial charge in [0.25, 0.3) is 5.91 Å². The standard InChI is InChI=1S/C21H24N2O5/c1-21(2)13-28-18-10-14(8-9-17(18)23(3)20(21)25)22-19(24)12-27-16-7-5-6-15(11-16)26-4/h5-11H,12-13H2,1-4H3,(H,22,24). The molecule has 3 rings (SSSR count). The maximum atomic E-state index is 12.5. The van der Waals surface area contributed by atoms with Gasteiger partial charge in [-0.25, -0.2) is 0 Å². The molecule has 0 atom stereocenters. The molecule has 0 aliphatic carbocycles. The Morgan fingerprint density at radius 2 is 1.96 bits per heavy atom. The third-order valence-corrected chi connectivity index (χ3v) is 4.49. The van der Waals surface area contributed by atoms with Crippen LogP contribution in [0.2, 0.25) is 0 Å². The van der Waals surface area contributed by atoms with Crippen molar-refractivity contribution < 1.29 is 23.8 Å². The van der Waals surface area contributed by atoms with Gasteiger partial charge in [-0.1, -0.05) is 6.07 Å². The molecule has 0 fully saturated rings. The first-order valence-electron chi connectivity index (χ1n) is 8.92. The number of carbonyl (C=O) groups excluding carboxylic acids is 2. The highest BCUT2D eigenvalue weighted by molar-refractivity contribution is 5.99. The van der Waals surface area contributed by atoms with Gasteiger partial charge in [-0.15, -0.1) is 0 Å². The lowest BCUT2D eigenvalue weighted by Gasteiger charge is -2.24. The van der Waals surface area contributed by atoms with E-state index in [0.717, 1.165) is 0 Å². The maximum Gasteiger partial charge on any atom is 0.262 e. The predicted molar refractivity (Wildman–Crippen MR) is 106 cm³/mol. The van der Waals surface area contributed by atoms with Crippen molar-refractivity contribution in [3.8, 4) is 17.2 Å². The SMILES string of the molecule is COc1cccc(OCC(=O)Nc2ccc3c(c2)OCC(C)(C)C(=O)N3C)c1. The van der Waals surface area contributed by atoms with E-state index in [-0.39, 0.29) is 25.0 Å². The average molecular weight is 384 g/mol. The van der Waals surface area contributed by atoms with Crippen LogP contribution in [0.25, 0.3) is 0 Å². The van der Waals surface area contributed by atoms with Gasteiger partial charge in [0.15, 0.2) is 6.61 Å².